The number of thiophene rings is 1. The van der Waals surface area contributed by atoms with Crippen LogP contribution in [0.15, 0.2) is 23.6 Å². The van der Waals surface area contributed by atoms with Crippen LogP contribution in [0.1, 0.15) is 27.6 Å². The van der Waals surface area contributed by atoms with Gasteiger partial charge in [-0.1, -0.05) is 6.07 Å². The minimum absolute atomic E-state index is 0.00930. The van der Waals surface area contributed by atoms with Gasteiger partial charge in [0.2, 0.25) is 0 Å². The number of rotatable bonds is 4. The number of aliphatic hydroxyl groups is 1. The summed E-state index contributed by atoms with van der Waals surface area (Å²) in [7, 11) is 1.70. The summed E-state index contributed by atoms with van der Waals surface area (Å²) < 4.78 is 11.3. The zero-order valence-electron chi connectivity index (χ0n) is 13.2. The lowest BCUT2D eigenvalue weighted by atomic mass is 9.87. The topological polar surface area (TPSA) is 41.9 Å². The molecule has 5 heteroatoms. The number of hydrogen-bond acceptors (Lipinski definition) is 5. The molecule has 0 amide bonds. The van der Waals surface area contributed by atoms with E-state index in [2.05, 4.69) is 22.4 Å². The van der Waals surface area contributed by atoms with E-state index < -0.39 is 0 Å². The second kappa shape index (κ2) is 6.15. The molecular weight excluding hydrogens is 310 g/mol. The lowest BCUT2D eigenvalue weighted by Crippen LogP contribution is -2.38. The van der Waals surface area contributed by atoms with Crippen LogP contribution in [0, 0.1) is 0 Å². The Hall–Kier alpha value is -1.56. The van der Waals surface area contributed by atoms with Crippen molar-refractivity contribution in [2.45, 2.75) is 25.4 Å². The standard InChI is InChI=1S/C18H21NO3S/c1-21-18-14-11-19-6-4-17-13(5-9-23-17)15(19)10-12(14)2-3-16(18)22-8-7-20/h2-3,5,9,15,20H,4,6-8,10-11H2,1H3/t15-/m0/s1. The summed E-state index contributed by atoms with van der Waals surface area (Å²) in [6, 6.07) is 6.91. The van der Waals surface area contributed by atoms with E-state index in [9.17, 15) is 0 Å². The minimum atomic E-state index is 0.00930. The highest BCUT2D eigenvalue weighted by atomic mass is 32.1. The Balaban J connectivity index is 1.70. The fourth-order valence-electron chi connectivity index (χ4n) is 3.79. The molecule has 0 spiro atoms. The summed E-state index contributed by atoms with van der Waals surface area (Å²) in [6.07, 6.45) is 2.16. The highest BCUT2D eigenvalue weighted by Crippen LogP contribution is 2.44. The van der Waals surface area contributed by atoms with Crippen molar-refractivity contribution in [2.24, 2.45) is 0 Å². The number of fused-ring (bicyclic) bond motifs is 4. The van der Waals surface area contributed by atoms with Crippen LogP contribution in [0.5, 0.6) is 11.5 Å². The predicted octanol–water partition coefficient (Wildman–Crippen LogP) is 2.78. The van der Waals surface area contributed by atoms with Gasteiger partial charge >= 0.3 is 0 Å². The van der Waals surface area contributed by atoms with Crippen LogP contribution in [0.4, 0.5) is 0 Å². The zero-order chi connectivity index (χ0) is 15.8. The fourth-order valence-corrected chi connectivity index (χ4v) is 4.72. The van der Waals surface area contributed by atoms with Crippen molar-refractivity contribution < 1.29 is 14.6 Å². The third-order valence-corrected chi connectivity index (χ3v) is 5.85. The third kappa shape index (κ3) is 2.53. The number of hydrogen-bond donors (Lipinski definition) is 1. The lowest BCUT2D eigenvalue weighted by Gasteiger charge is -2.40. The first-order valence-corrected chi connectivity index (χ1v) is 8.92. The van der Waals surface area contributed by atoms with E-state index >= 15 is 0 Å². The maximum atomic E-state index is 8.98. The summed E-state index contributed by atoms with van der Waals surface area (Å²) in [5.41, 5.74) is 4.09. The molecule has 0 saturated carbocycles. The number of benzene rings is 1. The van der Waals surface area contributed by atoms with Gasteiger partial charge in [-0.2, -0.15) is 0 Å². The molecule has 0 fully saturated rings. The van der Waals surface area contributed by atoms with Crippen LogP contribution in [0.3, 0.4) is 0 Å². The van der Waals surface area contributed by atoms with Crippen LogP contribution in [0.25, 0.3) is 0 Å². The Morgan fingerprint density at radius 2 is 2.26 bits per heavy atom. The summed E-state index contributed by atoms with van der Waals surface area (Å²) >= 11 is 1.89. The smallest absolute Gasteiger partial charge is 0.165 e. The molecule has 0 radical (unpaired) electrons. The van der Waals surface area contributed by atoms with Crippen molar-refractivity contribution in [3.63, 3.8) is 0 Å². The minimum Gasteiger partial charge on any atom is -0.493 e. The highest BCUT2D eigenvalue weighted by molar-refractivity contribution is 7.10. The fraction of sp³-hybridized carbons (Fsp3) is 0.444. The van der Waals surface area contributed by atoms with Gasteiger partial charge in [-0.25, -0.2) is 0 Å². The summed E-state index contributed by atoms with van der Waals surface area (Å²) in [6.45, 7) is 2.30. The monoisotopic (exact) mass is 331 g/mol. The Morgan fingerprint density at radius 1 is 1.35 bits per heavy atom. The van der Waals surface area contributed by atoms with Gasteiger partial charge in [0.25, 0.3) is 0 Å². The van der Waals surface area contributed by atoms with Gasteiger partial charge < -0.3 is 14.6 Å². The molecule has 122 valence electrons. The van der Waals surface area contributed by atoms with Gasteiger partial charge in [0, 0.05) is 29.6 Å². The second-order valence-electron chi connectivity index (χ2n) is 6.05. The van der Waals surface area contributed by atoms with Crippen molar-refractivity contribution in [2.75, 3.05) is 26.9 Å². The van der Waals surface area contributed by atoms with Crippen LogP contribution < -0.4 is 9.47 Å². The summed E-state index contributed by atoms with van der Waals surface area (Å²) in [4.78, 5) is 4.10. The Bertz CT molecular complexity index is 712. The first-order valence-electron chi connectivity index (χ1n) is 8.04. The summed E-state index contributed by atoms with van der Waals surface area (Å²) in [5.74, 6) is 1.55. The first-order chi connectivity index (χ1) is 11.3. The molecule has 2 aliphatic heterocycles. The molecule has 0 unspecified atom stereocenters. The lowest BCUT2D eigenvalue weighted by molar-refractivity contribution is 0.158. The normalized spacial score (nSPS) is 19.7. The van der Waals surface area contributed by atoms with E-state index in [0.717, 1.165) is 37.4 Å². The van der Waals surface area contributed by atoms with Crippen molar-refractivity contribution in [1.82, 2.24) is 4.90 Å². The maximum Gasteiger partial charge on any atom is 0.165 e. The molecule has 1 aromatic carbocycles. The zero-order valence-corrected chi connectivity index (χ0v) is 14.1. The van der Waals surface area contributed by atoms with E-state index in [1.165, 1.54) is 16.7 Å². The van der Waals surface area contributed by atoms with Gasteiger partial charge in [-0.3, -0.25) is 4.90 Å². The number of aliphatic hydroxyl groups excluding tert-OH is 1. The van der Waals surface area contributed by atoms with Crippen molar-refractivity contribution in [3.8, 4) is 11.5 Å². The van der Waals surface area contributed by atoms with Crippen LogP contribution in [-0.4, -0.2) is 36.9 Å². The average Bonchev–Trinajstić information content (AvgIpc) is 3.06. The predicted molar refractivity (Wildman–Crippen MR) is 90.5 cm³/mol. The van der Waals surface area contributed by atoms with E-state index in [0.29, 0.717) is 12.6 Å². The molecule has 2 aromatic rings. The van der Waals surface area contributed by atoms with Crippen LogP contribution in [0.2, 0.25) is 0 Å². The molecular formula is C18H21NO3S. The van der Waals surface area contributed by atoms with E-state index in [1.807, 2.05) is 17.4 Å². The molecule has 1 aromatic heterocycles. The molecule has 0 saturated heterocycles. The quantitative estimate of drug-likeness (QED) is 0.935. The molecule has 2 aliphatic rings. The number of methoxy groups -OCH3 is 1. The van der Waals surface area contributed by atoms with Gasteiger partial charge in [0.15, 0.2) is 11.5 Å². The number of nitrogens with zero attached hydrogens (tertiary/aromatic N) is 1. The first kappa shape index (κ1) is 15.0. The molecule has 23 heavy (non-hydrogen) atoms. The molecule has 1 atom stereocenters. The molecule has 0 bridgehead atoms. The van der Waals surface area contributed by atoms with Gasteiger partial charge in [0.1, 0.15) is 6.61 Å². The van der Waals surface area contributed by atoms with Crippen molar-refractivity contribution >= 4 is 11.3 Å². The molecule has 3 heterocycles. The summed E-state index contributed by atoms with van der Waals surface area (Å²) in [5, 5.41) is 11.2. The van der Waals surface area contributed by atoms with Crippen LogP contribution in [-0.2, 0) is 19.4 Å². The second-order valence-corrected chi connectivity index (χ2v) is 7.05. The SMILES string of the molecule is COc1c(OCCO)ccc2c1CN1CCc3sccc3[C@@H]1C2. The Kier molecular flexibility index (Phi) is 4.01. The van der Waals surface area contributed by atoms with E-state index in [4.69, 9.17) is 14.6 Å². The maximum absolute atomic E-state index is 8.98. The van der Waals surface area contributed by atoms with Gasteiger partial charge in [-0.15, -0.1) is 11.3 Å². The average molecular weight is 331 g/mol. The largest absolute Gasteiger partial charge is 0.493 e. The van der Waals surface area contributed by atoms with Gasteiger partial charge in [-0.05, 0) is 41.5 Å². The van der Waals surface area contributed by atoms with E-state index in [-0.39, 0.29) is 6.61 Å². The Morgan fingerprint density at radius 3 is 3.09 bits per heavy atom. The highest BCUT2D eigenvalue weighted by Gasteiger charge is 2.34. The molecule has 4 rings (SSSR count). The third-order valence-electron chi connectivity index (χ3n) is 4.85. The van der Waals surface area contributed by atoms with Gasteiger partial charge in [0.05, 0.1) is 13.7 Å². The molecule has 0 aliphatic carbocycles. The molecule has 4 nitrogen and oxygen atoms in total. The van der Waals surface area contributed by atoms with E-state index in [1.54, 1.807) is 12.0 Å². The molecule has 1 N–H and O–H groups in total. The van der Waals surface area contributed by atoms with Crippen molar-refractivity contribution in [1.29, 1.82) is 0 Å². The van der Waals surface area contributed by atoms with Crippen molar-refractivity contribution in [3.05, 3.63) is 45.1 Å². The van der Waals surface area contributed by atoms with Crippen LogP contribution >= 0.6 is 11.3 Å². The number of ether oxygens (including phenoxy) is 2. The Labute approximate surface area is 140 Å².